The van der Waals surface area contributed by atoms with Crippen LogP contribution in [0.3, 0.4) is 0 Å². The summed E-state index contributed by atoms with van der Waals surface area (Å²) >= 11 is 2.17. The van der Waals surface area contributed by atoms with E-state index in [0.717, 1.165) is 20.1 Å². The lowest BCUT2D eigenvalue weighted by Crippen LogP contribution is -2.13. The van der Waals surface area contributed by atoms with Crippen molar-refractivity contribution in [2.24, 2.45) is 0 Å². The average molecular weight is 574 g/mol. The molecule has 0 saturated carbocycles. The number of nitrogens with zero attached hydrogens (tertiary/aromatic N) is 1. The van der Waals surface area contributed by atoms with Crippen molar-refractivity contribution in [2.75, 3.05) is 12.4 Å². The van der Waals surface area contributed by atoms with Gasteiger partial charge in [-0.15, -0.1) is 0 Å². The molecule has 0 aliphatic heterocycles. The van der Waals surface area contributed by atoms with E-state index >= 15 is 0 Å². The molecule has 4 aromatic carbocycles. The van der Waals surface area contributed by atoms with Gasteiger partial charge in [0.2, 0.25) is 0 Å². The SMILES string of the molecule is COc1cc(/C=C(\C#N)C(=O)Nc2ccc(C)cc2)cc(I)c1OCc1ccc2ccccc2c1. The highest BCUT2D eigenvalue weighted by Crippen LogP contribution is 2.35. The minimum absolute atomic E-state index is 0.00624. The van der Waals surface area contributed by atoms with E-state index in [2.05, 4.69) is 52.2 Å². The molecule has 4 aromatic rings. The lowest BCUT2D eigenvalue weighted by Gasteiger charge is -2.14. The number of ether oxygens (including phenoxy) is 2. The molecule has 0 spiro atoms. The first-order valence-electron chi connectivity index (χ1n) is 10.9. The zero-order valence-electron chi connectivity index (χ0n) is 19.3. The molecule has 0 saturated heterocycles. The van der Waals surface area contributed by atoms with E-state index in [1.165, 1.54) is 5.39 Å². The number of hydrogen-bond donors (Lipinski definition) is 1. The molecule has 0 heterocycles. The number of amides is 1. The minimum atomic E-state index is -0.470. The number of carbonyl (C=O) groups is 1. The first-order valence-corrected chi connectivity index (χ1v) is 12.0. The van der Waals surface area contributed by atoms with Crippen LogP contribution in [0.25, 0.3) is 16.8 Å². The van der Waals surface area contributed by atoms with Gasteiger partial charge >= 0.3 is 0 Å². The van der Waals surface area contributed by atoms with Crippen LogP contribution in [0.5, 0.6) is 11.5 Å². The quantitative estimate of drug-likeness (QED) is 0.148. The fourth-order valence-corrected chi connectivity index (χ4v) is 4.38. The molecule has 0 fully saturated rings. The van der Waals surface area contributed by atoms with Crippen molar-refractivity contribution in [1.29, 1.82) is 5.26 Å². The summed E-state index contributed by atoms with van der Waals surface area (Å²) in [6.45, 7) is 2.35. The molecule has 6 heteroatoms. The second-order valence-electron chi connectivity index (χ2n) is 7.99. The Labute approximate surface area is 218 Å². The number of anilines is 1. The van der Waals surface area contributed by atoms with Crippen LogP contribution in [0.15, 0.2) is 84.4 Å². The average Bonchev–Trinajstić information content (AvgIpc) is 2.87. The fourth-order valence-electron chi connectivity index (χ4n) is 3.60. The molecule has 4 rings (SSSR count). The Hall–Kier alpha value is -3.83. The zero-order valence-corrected chi connectivity index (χ0v) is 21.5. The van der Waals surface area contributed by atoms with Crippen molar-refractivity contribution in [3.05, 3.63) is 105 Å². The highest BCUT2D eigenvalue weighted by molar-refractivity contribution is 14.1. The molecule has 35 heavy (non-hydrogen) atoms. The standard InChI is InChI=1S/C29H23IN2O3/c1-19-7-11-25(12-8-19)32-29(33)24(17-31)14-21-15-26(30)28(27(16-21)34-2)35-18-20-9-10-22-5-3-4-6-23(22)13-20/h3-16H,18H2,1-2H3,(H,32,33)/b24-14+. The van der Waals surface area contributed by atoms with Gasteiger partial charge in [-0.05, 0) is 87.8 Å². The second kappa shape index (κ2) is 11.1. The summed E-state index contributed by atoms with van der Waals surface area (Å²) in [5.74, 6) is 0.670. The normalized spacial score (nSPS) is 11.1. The number of rotatable bonds is 7. The van der Waals surface area contributed by atoms with E-state index in [0.29, 0.717) is 29.4 Å². The molecule has 0 aliphatic rings. The topological polar surface area (TPSA) is 71.3 Å². The van der Waals surface area contributed by atoms with Crippen LogP contribution >= 0.6 is 22.6 Å². The molecule has 0 aromatic heterocycles. The van der Waals surface area contributed by atoms with Gasteiger partial charge < -0.3 is 14.8 Å². The first-order chi connectivity index (χ1) is 17.0. The number of nitriles is 1. The minimum Gasteiger partial charge on any atom is -0.493 e. The van der Waals surface area contributed by atoms with Gasteiger partial charge in [0.25, 0.3) is 5.91 Å². The molecule has 0 unspecified atom stereocenters. The maximum atomic E-state index is 12.6. The van der Waals surface area contributed by atoms with Crippen LogP contribution < -0.4 is 14.8 Å². The molecule has 0 bridgehead atoms. The predicted molar refractivity (Wildman–Crippen MR) is 147 cm³/mol. The van der Waals surface area contributed by atoms with E-state index in [1.54, 1.807) is 31.4 Å². The van der Waals surface area contributed by atoms with Crippen LogP contribution in [0.2, 0.25) is 0 Å². The Morgan fingerprint density at radius 3 is 2.49 bits per heavy atom. The molecular weight excluding hydrogens is 551 g/mol. The van der Waals surface area contributed by atoms with Gasteiger partial charge in [-0.25, -0.2) is 0 Å². The monoisotopic (exact) mass is 574 g/mol. The van der Waals surface area contributed by atoms with Crippen molar-refractivity contribution in [2.45, 2.75) is 13.5 Å². The van der Waals surface area contributed by atoms with E-state index in [-0.39, 0.29) is 5.57 Å². The molecule has 5 nitrogen and oxygen atoms in total. The third-order valence-corrected chi connectivity index (χ3v) is 6.24. The number of hydrogen-bond acceptors (Lipinski definition) is 4. The molecule has 1 N–H and O–H groups in total. The Bertz CT molecular complexity index is 1450. The van der Waals surface area contributed by atoms with Gasteiger partial charge in [0, 0.05) is 5.69 Å². The van der Waals surface area contributed by atoms with Crippen LogP contribution in [0.4, 0.5) is 5.69 Å². The molecule has 174 valence electrons. The first kappa shape index (κ1) is 24.3. The van der Waals surface area contributed by atoms with Crippen LogP contribution in [0.1, 0.15) is 16.7 Å². The summed E-state index contributed by atoms with van der Waals surface area (Å²) in [6.07, 6.45) is 1.54. The summed E-state index contributed by atoms with van der Waals surface area (Å²) in [5, 5.41) is 14.7. The Kier molecular flexibility index (Phi) is 7.68. The van der Waals surface area contributed by atoms with E-state index in [1.807, 2.05) is 49.4 Å². The van der Waals surface area contributed by atoms with Crippen molar-refractivity contribution in [3.8, 4) is 17.6 Å². The summed E-state index contributed by atoms with van der Waals surface area (Å²) in [7, 11) is 1.57. The number of carbonyl (C=O) groups excluding carboxylic acids is 1. The molecular formula is C29H23IN2O3. The van der Waals surface area contributed by atoms with Crippen molar-refractivity contribution < 1.29 is 14.3 Å². The van der Waals surface area contributed by atoms with Crippen LogP contribution in [-0.2, 0) is 11.4 Å². The molecule has 0 atom stereocenters. The zero-order chi connectivity index (χ0) is 24.8. The Morgan fingerprint density at radius 1 is 1.03 bits per heavy atom. The number of halogens is 1. The maximum absolute atomic E-state index is 12.6. The van der Waals surface area contributed by atoms with E-state index < -0.39 is 5.91 Å². The Morgan fingerprint density at radius 2 is 1.77 bits per heavy atom. The van der Waals surface area contributed by atoms with E-state index in [4.69, 9.17) is 9.47 Å². The maximum Gasteiger partial charge on any atom is 0.266 e. The largest absolute Gasteiger partial charge is 0.493 e. The second-order valence-corrected chi connectivity index (χ2v) is 9.16. The molecule has 0 aliphatic carbocycles. The fraction of sp³-hybridized carbons (Fsp3) is 0.103. The smallest absolute Gasteiger partial charge is 0.266 e. The molecule has 0 radical (unpaired) electrons. The third-order valence-electron chi connectivity index (χ3n) is 5.43. The van der Waals surface area contributed by atoms with Crippen molar-refractivity contribution >= 4 is 51.0 Å². The Balaban J connectivity index is 1.53. The van der Waals surface area contributed by atoms with Gasteiger partial charge in [-0.3, -0.25) is 4.79 Å². The highest BCUT2D eigenvalue weighted by Gasteiger charge is 2.14. The van der Waals surface area contributed by atoms with E-state index in [9.17, 15) is 10.1 Å². The summed E-state index contributed by atoms with van der Waals surface area (Å²) in [6, 6.07) is 27.4. The number of nitrogens with one attached hydrogen (secondary N) is 1. The summed E-state index contributed by atoms with van der Waals surface area (Å²) in [4.78, 5) is 12.6. The summed E-state index contributed by atoms with van der Waals surface area (Å²) < 4.78 is 12.5. The van der Waals surface area contributed by atoms with Gasteiger partial charge in [-0.1, -0.05) is 54.1 Å². The number of benzene rings is 4. The van der Waals surface area contributed by atoms with Crippen molar-refractivity contribution in [3.63, 3.8) is 0 Å². The third kappa shape index (κ3) is 6.00. The van der Waals surface area contributed by atoms with Crippen LogP contribution in [-0.4, -0.2) is 13.0 Å². The van der Waals surface area contributed by atoms with Gasteiger partial charge in [0.1, 0.15) is 18.2 Å². The van der Waals surface area contributed by atoms with Crippen LogP contribution in [0, 0.1) is 21.8 Å². The van der Waals surface area contributed by atoms with Gasteiger partial charge in [-0.2, -0.15) is 5.26 Å². The lowest BCUT2D eigenvalue weighted by atomic mass is 10.1. The molecule has 1 amide bonds. The summed E-state index contributed by atoms with van der Waals surface area (Å²) in [5.41, 5.74) is 3.42. The predicted octanol–water partition coefficient (Wildman–Crippen LogP) is 6.89. The van der Waals surface area contributed by atoms with Gasteiger partial charge in [0.15, 0.2) is 11.5 Å². The highest BCUT2D eigenvalue weighted by atomic mass is 127. The van der Waals surface area contributed by atoms with Crippen molar-refractivity contribution in [1.82, 2.24) is 0 Å². The lowest BCUT2D eigenvalue weighted by molar-refractivity contribution is -0.112. The number of methoxy groups -OCH3 is 1. The number of fused-ring (bicyclic) bond motifs is 1. The van der Waals surface area contributed by atoms with Gasteiger partial charge in [0.05, 0.1) is 10.7 Å². The number of aryl methyl sites for hydroxylation is 1.